The van der Waals surface area contributed by atoms with Gasteiger partial charge in [-0.3, -0.25) is 0 Å². The van der Waals surface area contributed by atoms with E-state index in [-0.39, 0.29) is 18.2 Å². The van der Waals surface area contributed by atoms with Gasteiger partial charge < -0.3 is 14.8 Å². The molecule has 0 radical (unpaired) electrons. The second-order valence-corrected chi connectivity index (χ2v) is 4.05. The predicted molar refractivity (Wildman–Crippen MR) is 66.3 cm³/mol. The Morgan fingerprint density at radius 2 is 1.71 bits per heavy atom. The van der Waals surface area contributed by atoms with Crippen LogP contribution in [0, 0.1) is 12.5 Å². The predicted octanol–water partition coefficient (Wildman–Crippen LogP) is 1.41. The summed E-state index contributed by atoms with van der Waals surface area (Å²) < 4.78 is 10.9. The van der Waals surface area contributed by atoms with Crippen LogP contribution >= 0.6 is 0 Å². The van der Waals surface area contributed by atoms with Gasteiger partial charge >= 0.3 is 0 Å². The van der Waals surface area contributed by atoms with Crippen molar-refractivity contribution < 1.29 is 9.47 Å². The molecule has 90 valence electrons. The van der Waals surface area contributed by atoms with Crippen LogP contribution in [0.1, 0.15) is 6.42 Å². The van der Waals surface area contributed by atoms with Crippen molar-refractivity contribution in [2.75, 3.05) is 13.2 Å². The van der Waals surface area contributed by atoms with Gasteiger partial charge in [0.05, 0.1) is 18.8 Å². The van der Waals surface area contributed by atoms with E-state index in [4.69, 9.17) is 15.9 Å². The largest absolute Gasteiger partial charge is 0.373 e. The van der Waals surface area contributed by atoms with Gasteiger partial charge in [-0.25, -0.2) is 0 Å². The summed E-state index contributed by atoms with van der Waals surface area (Å²) in [5.74, 6) is 0. The molecule has 2 saturated heterocycles. The maximum Gasteiger partial charge on any atom is 0.107 e. The first-order valence-corrected chi connectivity index (χ1v) is 5.86. The first-order valence-electron chi connectivity index (χ1n) is 5.86. The lowest BCUT2D eigenvalue weighted by atomic mass is 10.1. The summed E-state index contributed by atoms with van der Waals surface area (Å²) in [4.78, 5) is 0. The fraction of sp³-hybridized carbons (Fsp3) is 0.429. The fourth-order valence-corrected chi connectivity index (χ4v) is 2.08. The molecular weight excluding hydrogens is 214 g/mol. The molecule has 0 aliphatic carbocycles. The smallest absolute Gasteiger partial charge is 0.107 e. The molecule has 3 atom stereocenters. The van der Waals surface area contributed by atoms with Crippen LogP contribution in [-0.4, -0.2) is 31.5 Å². The molecule has 3 rings (SSSR count). The van der Waals surface area contributed by atoms with E-state index in [1.165, 1.54) is 0 Å². The third-order valence-corrected chi connectivity index (χ3v) is 2.90. The molecule has 0 unspecified atom stereocenters. The van der Waals surface area contributed by atoms with Gasteiger partial charge in [0.25, 0.3) is 0 Å². The maximum atomic E-state index is 5.46. The Kier molecular flexibility index (Phi) is 4.43. The Morgan fingerprint density at radius 1 is 1.06 bits per heavy atom. The summed E-state index contributed by atoms with van der Waals surface area (Å²) in [6, 6.07) is 14.6. The van der Waals surface area contributed by atoms with Crippen molar-refractivity contribution in [3.05, 3.63) is 36.4 Å². The number of nitrogens with one attached hydrogen (secondary N) is 1. The first kappa shape index (κ1) is 12.0. The second kappa shape index (κ2) is 6.29. The summed E-state index contributed by atoms with van der Waals surface area (Å²) in [5.41, 5.74) is 0. The topological polar surface area (TPSA) is 30.5 Å². The molecule has 0 amide bonds. The van der Waals surface area contributed by atoms with Crippen LogP contribution in [-0.2, 0) is 9.47 Å². The average Bonchev–Trinajstić information content (AvgIpc) is 2.98. The van der Waals surface area contributed by atoms with Crippen LogP contribution in [0.2, 0.25) is 0 Å². The van der Waals surface area contributed by atoms with Gasteiger partial charge in [-0.2, -0.15) is 0 Å². The van der Waals surface area contributed by atoms with Gasteiger partial charge in [0, 0.05) is 12.7 Å². The Morgan fingerprint density at radius 3 is 2.29 bits per heavy atom. The number of hydrogen-bond donors (Lipinski definition) is 1. The van der Waals surface area contributed by atoms with Crippen molar-refractivity contribution in [3.8, 4) is 12.5 Å². The van der Waals surface area contributed by atoms with Crippen molar-refractivity contribution in [2.24, 2.45) is 0 Å². The van der Waals surface area contributed by atoms with E-state index >= 15 is 0 Å². The van der Waals surface area contributed by atoms with Gasteiger partial charge in [0.1, 0.15) is 6.10 Å². The minimum Gasteiger partial charge on any atom is -0.373 e. The van der Waals surface area contributed by atoms with Gasteiger partial charge in [-0.1, -0.05) is 42.8 Å². The molecule has 0 aromatic heterocycles. The third kappa shape index (κ3) is 3.23. The molecule has 0 spiro atoms. The summed E-state index contributed by atoms with van der Waals surface area (Å²) in [6.45, 7) is 1.48. The molecule has 2 heterocycles. The van der Waals surface area contributed by atoms with Crippen LogP contribution in [0.4, 0.5) is 0 Å². The van der Waals surface area contributed by atoms with E-state index in [0.29, 0.717) is 6.61 Å². The Balaban J connectivity index is 0.000000153. The number of rotatable bonds is 1. The lowest BCUT2D eigenvalue weighted by Gasteiger charge is -2.13. The van der Waals surface area contributed by atoms with Crippen LogP contribution in [0.15, 0.2) is 36.4 Å². The monoisotopic (exact) mass is 231 g/mol. The summed E-state index contributed by atoms with van der Waals surface area (Å²) in [5, 5.41) is 2.89. The van der Waals surface area contributed by atoms with Gasteiger partial charge in [-0.15, -0.1) is 0 Å². The van der Waals surface area contributed by atoms with E-state index in [1.807, 2.05) is 36.4 Å². The van der Waals surface area contributed by atoms with Crippen LogP contribution < -0.4 is 5.32 Å². The van der Waals surface area contributed by atoms with E-state index in [1.54, 1.807) is 0 Å². The molecule has 17 heavy (non-hydrogen) atoms. The molecule has 1 N–H and O–H groups in total. The molecule has 2 aliphatic heterocycles. The van der Waals surface area contributed by atoms with Crippen molar-refractivity contribution in [3.63, 3.8) is 0 Å². The lowest BCUT2D eigenvalue weighted by Crippen LogP contribution is -2.37. The van der Waals surface area contributed by atoms with Crippen LogP contribution in [0.3, 0.4) is 0 Å². The fourth-order valence-electron chi connectivity index (χ4n) is 2.08. The maximum absolute atomic E-state index is 5.46. The van der Waals surface area contributed by atoms with Gasteiger partial charge in [0.2, 0.25) is 0 Å². The summed E-state index contributed by atoms with van der Waals surface area (Å²) in [6.07, 6.45) is 6.59. The highest BCUT2D eigenvalue weighted by molar-refractivity contribution is 4.99. The normalized spacial score (nSPS) is 29.7. The number of benzene rings is 1. The average molecular weight is 231 g/mol. The molecule has 0 bridgehead atoms. The second-order valence-electron chi connectivity index (χ2n) is 4.05. The highest BCUT2D eigenvalue weighted by Gasteiger charge is 2.41. The quantitative estimate of drug-likeness (QED) is 0.585. The first-order chi connectivity index (χ1) is 8.42. The lowest BCUT2D eigenvalue weighted by molar-refractivity contribution is 0.0695. The van der Waals surface area contributed by atoms with E-state index in [0.717, 1.165) is 13.0 Å². The van der Waals surface area contributed by atoms with Crippen molar-refractivity contribution >= 4 is 0 Å². The molecule has 0 saturated carbocycles. The standard InChI is InChI=1S/C8H11NO2.C6H6/c1-2-9-6-5-11-7-3-4-10-8(6)7;1-2-4-6-5-3-1/h1,6-9H,3-5H2;1-6H/t6-,7+,8+;/m0./s1. The SMILES string of the molecule is C#CN[C@H]1CO[C@@H]2CCO[C@H]12.c1ccccc1. The molecule has 3 heteroatoms. The van der Waals surface area contributed by atoms with Gasteiger partial charge in [0.15, 0.2) is 0 Å². The Bertz CT molecular complexity index is 334. The Hall–Kier alpha value is -1.50. The summed E-state index contributed by atoms with van der Waals surface area (Å²) >= 11 is 0. The van der Waals surface area contributed by atoms with E-state index in [9.17, 15) is 0 Å². The van der Waals surface area contributed by atoms with Crippen molar-refractivity contribution in [1.29, 1.82) is 0 Å². The molecule has 1 aromatic carbocycles. The number of fused-ring (bicyclic) bond motifs is 1. The number of terminal acetylenes is 1. The number of ether oxygens (including phenoxy) is 2. The highest BCUT2D eigenvalue weighted by Crippen LogP contribution is 2.25. The van der Waals surface area contributed by atoms with E-state index < -0.39 is 0 Å². The minimum absolute atomic E-state index is 0.186. The Labute approximate surface area is 102 Å². The zero-order valence-electron chi connectivity index (χ0n) is 9.71. The zero-order chi connectivity index (χ0) is 11.9. The molecule has 1 aromatic rings. The number of hydrogen-bond acceptors (Lipinski definition) is 3. The van der Waals surface area contributed by atoms with Crippen LogP contribution in [0.5, 0.6) is 0 Å². The molecule has 3 nitrogen and oxygen atoms in total. The summed E-state index contributed by atoms with van der Waals surface area (Å²) in [7, 11) is 0. The highest BCUT2D eigenvalue weighted by atomic mass is 16.6. The molecular formula is C14H17NO2. The third-order valence-electron chi connectivity index (χ3n) is 2.90. The minimum atomic E-state index is 0.186. The van der Waals surface area contributed by atoms with Crippen LogP contribution in [0.25, 0.3) is 0 Å². The molecule has 2 fully saturated rings. The van der Waals surface area contributed by atoms with E-state index in [2.05, 4.69) is 11.4 Å². The van der Waals surface area contributed by atoms with Crippen molar-refractivity contribution in [1.82, 2.24) is 5.32 Å². The zero-order valence-corrected chi connectivity index (χ0v) is 9.71. The van der Waals surface area contributed by atoms with Crippen molar-refractivity contribution in [2.45, 2.75) is 24.7 Å². The van der Waals surface area contributed by atoms with Gasteiger partial charge in [-0.05, 0) is 6.42 Å². The molecule has 2 aliphatic rings.